The van der Waals surface area contributed by atoms with E-state index >= 15 is 0 Å². The van der Waals surface area contributed by atoms with Gasteiger partial charge in [-0.3, -0.25) is 4.79 Å². The third-order valence-corrected chi connectivity index (χ3v) is 2.97. The second-order valence-corrected chi connectivity index (χ2v) is 4.33. The standard InChI is InChI=1S/C13H28N2O2/c1-3-15(4-2)12-8-11-14-10-7-5-6-9-13(16)17/h14H,3-12H2,1-2H3,(H,16,17). The molecule has 0 atom stereocenters. The first-order chi connectivity index (χ1) is 8.20. The maximum absolute atomic E-state index is 10.3. The van der Waals surface area contributed by atoms with Crippen LogP contribution in [-0.4, -0.2) is 48.7 Å². The molecule has 0 rings (SSSR count). The van der Waals surface area contributed by atoms with Gasteiger partial charge in [0.1, 0.15) is 0 Å². The van der Waals surface area contributed by atoms with Crippen LogP contribution in [0.15, 0.2) is 0 Å². The third-order valence-electron chi connectivity index (χ3n) is 2.97. The first-order valence-electron chi connectivity index (χ1n) is 6.85. The molecule has 0 radical (unpaired) electrons. The molecular weight excluding hydrogens is 216 g/mol. The van der Waals surface area contributed by atoms with Crippen LogP contribution in [0.5, 0.6) is 0 Å². The zero-order chi connectivity index (χ0) is 12.9. The predicted molar refractivity (Wildman–Crippen MR) is 71.4 cm³/mol. The van der Waals surface area contributed by atoms with Crippen LogP contribution in [0.3, 0.4) is 0 Å². The van der Waals surface area contributed by atoms with Crippen LogP contribution in [0.1, 0.15) is 46.0 Å². The van der Waals surface area contributed by atoms with E-state index in [1.54, 1.807) is 0 Å². The summed E-state index contributed by atoms with van der Waals surface area (Å²) >= 11 is 0. The molecule has 0 aliphatic carbocycles. The molecule has 0 unspecified atom stereocenters. The van der Waals surface area contributed by atoms with Crippen LogP contribution >= 0.6 is 0 Å². The van der Waals surface area contributed by atoms with E-state index < -0.39 is 5.97 Å². The summed E-state index contributed by atoms with van der Waals surface area (Å²) in [6.45, 7) is 9.89. The van der Waals surface area contributed by atoms with Crippen molar-refractivity contribution in [2.24, 2.45) is 0 Å². The lowest BCUT2D eigenvalue weighted by molar-refractivity contribution is -0.137. The monoisotopic (exact) mass is 244 g/mol. The van der Waals surface area contributed by atoms with Gasteiger partial charge in [-0.2, -0.15) is 0 Å². The van der Waals surface area contributed by atoms with Gasteiger partial charge >= 0.3 is 5.97 Å². The fraction of sp³-hybridized carbons (Fsp3) is 0.923. The molecule has 0 aromatic heterocycles. The predicted octanol–water partition coefficient (Wildman–Crippen LogP) is 1.95. The van der Waals surface area contributed by atoms with Crippen molar-refractivity contribution < 1.29 is 9.90 Å². The van der Waals surface area contributed by atoms with Crippen LogP contribution in [-0.2, 0) is 4.79 Å². The molecule has 4 heteroatoms. The highest BCUT2D eigenvalue weighted by molar-refractivity contribution is 5.66. The van der Waals surface area contributed by atoms with Crippen LogP contribution in [0.2, 0.25) is 0 Å². The Morgan fingerprint density at radius 3 is 2.29 bits per heavy atom. The van der Waals surface area contributed by atoms with Crippen molar-refractivity contribution in [3.63, 3.8) is 0 Å². The second-order valence-electron chi connectivity index (χ2n) is 4.33. The van der Waals surface area contributed by atoms with E-state index in [9.17, 15) is 4.79 Å². The van der Waals surface area contributed by atoms with E-state index in [1.807, 2.05) is 0 Å². The van der Waals surface area contributed by atoms with E-state index in [0.717, 1.165) is 45.4 Å². The summed E-state index contributed by atoms with van der Waals surface area (Å²) < 4.78 is 0. The van der Waals surface area contributed by atoms with Gasteiger partial charge in [-0.15, -0.1) is 0 Å². The topological polar surface area (TPSA) is 52.6 Å². The average Bonchev–Trinajstić information content (AvgIpc) is 2.31. The minimum absolute atomic E-state index is 0.307. The van der Waals surface area contributed by atoms with E-state index in [0.29, 0.717) is 6.42 Å². The summed E-state index contributed by atoms with van der Waals surface area (Å²) in [5.41, 5.74) is 0. The number of nitrogens with one attached hydrogen (secondary N) is 1. The number of rotatable bonds is 12. The summed E-state index contributed by atoms with van der Waals surface area (Å²) in [5, 5.41) is 11.9. The van der Waals surface area contributed by atoms with Crippen LogP contribution < -0.4 is 5.32 Å². The van der Waals surface area contributed by atoms with Crippen molar-refractivity contribution in [3.8, 4) is 0 Å². The summed E-state index contributed by atoms with van der Waals surface area (Å²) in [7, 11) is 0. The minimum atomic E-state index is -0.683. The van der Waals surface area contributed by atoms with E-state index in [-0.39, 0.29) is 0 Å². The lowest BCUT2D eigenvalue weighted by atomic mass is 10.2. The fourth-order valence-electron chi connectivity index (χ4n) is 1.80. The summed E-state index contributed by atoms with van der Waals surface area (Å²) in [4.78, 5) is 12.7. The number of unbranched alkanes of at least 4 members (excludes halogenated alkanes) is 2. The Morgan fingerprint density at radius 2 is 1.71 bits per heavy atom. The van der Waals surface area contributed by atoms with Crippen LogP contribution in [0.4, 0.5) is 0 Å². The number of hydrogen-bond acceptors (Lipinski definition) is 3. The van der Waals surface area contributed by atoms with Crippen molar-refractivity contribution in [1.82, 2.24) is 10.2 Å². The molecule has 0 aromatic carbocycles. The molecule has 0 aliphatic rings. The Morgan fingerprint density at radius 1 is 1.06 bits per heavy atom. The SMILES string of the molecule is CCN(CC)CCCNCCCCCC(=O)O. The maximum Gasteiger partial charge on any atom is 0.303 e. The molecule has 17 heavy (non-hydrogen) atoms. The Balaban J connectivity index is 3.10. The van der Waals surface area contributed by atoms with Crippen molar-refractivity contribution in [1.29, 1.82) is 0 Å². The minimum Gasteiger partial charge on any atom is -0.481 e. The zero-order valence-electron chi connectivity index (χ0n) is 11.4. The number of aliphatic carboxylic acids is 1. The van der Waals surface area contributed by atoms with E-state index in [1.165, 1.54) is 13.0 Å². The molecule has 0 saturated heterocycles. The molecular formula is C13H28N2O2. The summed E-state index contributed by atoms with van der Waals surface area (Å²) in [6, 6.07) is 0. The highest BCUT2D eigenvalue weighted by Crippen LogP contribution is 1.98. The number of carbonyl (C=O) groups is 1. The van der Waals surface area contributed by atoms with Crippen molar-refractivity contribution in [3.05, 3.63) is 0 Å². The molecule has 0 aromatic rings. The molecule has 102 valence electrons. The second kappa shape index (κ2) is 11.9. The van der Waals surface area contributed by atoms with Gasteiger partial charge in [-0.05, 0) is 52.0 Å². The lowest BCUT2D eigenvalue weighted by Gasteiger charge is -2.17. The molecule has 0 heterocycles. The van der Waals surface area contributed by atoms with Gasteiger partial charge < -0.3 is 15.3 Å². The molecule has 4 nitrogen and oxygen atoms in total. The average molecular weight is 244 g/mol. The fourth-order valence-corrected chi connectivity index (χ4v) is 1.80. The Bertz CT molecular complexity index is 182. The van der Waals surface area contributed by atoms with Gasteiger partial charge in [0.2, 0.25) is 0 Å². The molecule has 0 aliphatic heterocycles. The van der Waals surface area contributed by atoms with E-state index in [4.69, 9.17) is 5.11 Å². The van der Waals surface area contributed by atoms with Crippen molar-refractivity contribution >= 4 is 5.97 Å². The molecule has 0 amide bonds. The third kappa shape index (κ3) is 11.6. The lowest BCUT2D eigenvalue weighted by Crippen LogP contribution is -2.27. The zero-order valence-corrected chi connectivity index (χ0v) is 11.4. The molecule has 0 saturated carbocycles. The summed E-state index contributed by atoms with van der Waals surface area (Å²) in [6.07, 6.45) is 4.39. The molecule has 0 spiro atoms. The van der Waals surface area contributed by atoms with Gasteiger partial charge in [-0.25, -0.2) is 0 Å². The van der Waals surface area contributed by atoms with Gasteiger partial charge in [0, 0.05) is 6.42 Å². The molecule has 0 bridgehead atoms. The smallest absolute Gasteiger partial charge is 0.303 e. The number of carboxylic acids is 1. The number of nitrogens with zero attached hydrogens (tertiary/aromatic N) is 1. The van der Waals surface area contributed by atoms with Gasteiger partial charge in [-0.1, -0.05) is 20.3 Å². The maximum atomic E-state index is 10.3. The Labute approximate surface area is 105 Å². The van der Waals surface area contributed by atoms with Gasteiger partial charge in [0.25, 0.3) is 0 Å². The van der Waals surface area contributed by atoms with Crippen LogP contribution in [0.25, 0.3) is 0 Å². The normalized spacial score (nSPS) is 11.0. The quantitative estimate of drug-likeness (QED) is 0.515. The first-order valence-corrected chi connectivity index (χ1v) is 6.85. The van der Waals surface area contributed by atoms with E-state index in [2.05, 4.69) is 24.1 Å². The van der Waals surface area contributed by atoms with Crippen molar-refractivity contribution in [2.45, 2.75) is 46.0 Å². The Hall–Kier alpha value is -0.610. The molecule has 0 fully saturated rings. The number of hydrogen-bond donors (Lipinski definition) is 2. The first kappa shape index (κ1) is 16.4. The number of carboxylic acid groups (broad SMARTS) is 1. The molecule has 2 N–H and O–H groups in total. The van der Waals surface area contributed by atoms with Crippen molar-refractivity contribution in [2.75, 3.05) is 32.7 Å². The largest absolute Gasteiger partial charge is 0.481 e. The van der Waals surface area contributed by atoms with Gasteiger partial charge in [0.05, 0.1) is 0 Å². The highest BCUT2D eigenvalue weighted by atomic mass is 16.4. The van der Waals surface area contributed by atoms with Gasteiger partial charge in [0.15, 0.2) is 0 Å². The van der Waals surface area contributed by atoms with Crippen LogP contribution in [0, 0.1) is 0 Å². The highest BCUT2D eigenvalue weighted by Gasteiger charge is 1.98. The Kier molecular flexibility index (Phi) is 11.4. The summed E-state index contributed by atoms with van der Waals surface area (Å²) in [5.74, 6) is -0.683.